The number of benzene rings is 1. The number of hydrogen-bond donors (Lipinski definition) is 2. The number of urea groups is 1. The minimum atomic E-state index is -0.106. The second-order valence-corrected chi connectivity index (χ2v) is 6.52. The van der Waals surface area contributed by atoms with Gasteiger partial charge >= 0.3 is 6.03 Å². The maximum atomic E-state index is 12.6. The van der Waals surface area contributed by atoms with Crippen LogP contribution >= 0.6 is 11.3 Å². The lowest BCUT2D eigenvalue weighted by Gasteiger charge is -2.34. The van der Waals surface area contributed by atoms with Gasteiger partial charge in [0.1, 0.15) is 5.51 Å². The van der Waals surface area contributed by atoms with Gasteiger partial charge in [0, 0.05) is 17.8 Å². The summed E-state index contributed by atoms with van der Waals surface area (Å²) in [5.74, 6) is 0. The van der Waals surface area contributed by atoms with Crippen molar-refractivity contribution in [1.29, 1.82) is 0 Å². The molecule has 2 aromatic heterocycles. The molecule has 0 radical (unpaired) electrons. The summed E-state index contributed by atoms with van der Waals surface area (Å²) in [6.07, 6.45) is 3.12. The number of carbonyl (C=O) groups is 1. The third-order valence-electron chi connectivity index (χ3n) is 4.25. The Hall–Kier alpha value is -2.41. The second kappa shape index (κ2) is 6.00. The minimum Gasteiger partial charge on any atom is -0.357 e. The molecule has 6 nitrogen and oxygen atoms in total. The Morgan fingerprint density at radius 3 is 3.09 bits per heavy atom. The van der Waals surface area contributed by atoms with Gasteiger partial charge in [0.05, 0.1) is 6.04 Å². The first-order valence-electron chi connectivity index (χ1n) is 7.73. The zero-order valence-corrected chi connectivity index (χ0v) is 13.3. The fraction of sp³-hybridized carbons (Fsp3) is 0.312. The van der Waals surface area contributed by atoms with Gasteiger partial charge in [-0.15, -0.1) is 10.2 Å². The maximum absolute atomic E-state index is 12.6. The molecule has 3 heterocycles. The van der Waals surface area contributed by atoms with E-state index in [0.717, 1.165) is 37.0 Å². The molecule has 4 rings (SSSR count). The number of nitrogens with zero attached hydrogens (tertiary/aromatic N) is 3. The van der Waals surface area contributed by atoms with E-state index in [1.54, 1.807) is 5.51 Å². The Kier molecular flexibility index (Phi) is 3.70. The maximum Gasteiger partial charge on any atom is 0.324 e. The number of carbonyl (C=O) groups excluding carboxylic acids is 1. The SMILES string of the molecule is O=C(Nc1nncs1)N1CCCC[C@@H]1c1cc2ccccc2[nH]1. The molecule has 1 saturated heterocycles. The molecule has 118 valence electrons. The van der Waals surface area contributed by atoms with E-state index in [1.165, 1.54) is 16.7 Å². The summed E-state index contributed by atoms with van der Waals surface area (Å²) in [4.78, 5) is 18.0. The predicted octanol–water partition coefficient (Wildman–Crippen LogP) is 3.78. The summed E-state index contributed by atoms with van der Waals surface area (Å²) in [7, 11) is 0. The smallest absolute Gasteiger partial charge is 0.324 e. The van der Waals surface area contributed by atoms with Crippen LogP contribution in [0.15, 0.2) is 35.8 Å². The molecule has 1 atom stereocenters. The van der Waals surface area contributed by atoms with Crippen molar-refractivity contribution >= 4 is 33.4 Å². The van der Waals surface area contributed by atoms with Crippen LogP contribution in [0.2, 0.25) is 0 Å². The highest BCUT2D eigenvalue weighted by molar-refractivity contribution is 7.13. The number of hydrogen-bond acceptors (Lipinski definition) is 4. The number of amides is 2. The predicted molar refractivity (Wildman–Crippen MR) is 90.5 cm³/mol. The first-order valence-corrected chi connectivity index (χ1v) is 8.61. The summed E-state index contributed by atoms with van der Waals surface area (Å²) in [5, 5.41) is 12.2. The van der Waals surface area contributed by atoms with Crippen molar-refractivity contribution in [1.82, 2.24) is 20.1 Å². The third-order valence-corrected chi connectivity index (χ3v) is 4.85. The van der Waals surface area contributed by atoms with Crippen LogP contribution in [-0.2, 0) is 0 Å². The molecular formula is C16H17N5OS. The van der Waals surface area contributed by atoms with Crippen LogP contribution in [-0.4, -0.2) is 32.7 Å². The molecule has 1 aromatic carbocycles. The van der Waals surface area contributed by atoms with Crippen molar-refractivity contribution in [3.05, 3.63) is 41.5 Å². The molecule has 0 saturated carbocycles. The summed E-state index contributed by atoms with van der Waals surface area (Å²) >= 11 is 1.33. The quantitative estimate of drug-likeness (QED) is 0.752. The normalized spacial score (nSPS) is 18.3. The number of aromatic amines is 1. The van der Waals surface area contributed by atoms with E-state index in [0.29, 0.717) is 5.13 Å². The van der Waals surface area contributed by atoms with Crippen molar-refractivity contribution in [3.63, 3.8) is 0 Å². The van der Waals surface area contributed by atoms with Gasteiger partial charge in [-0.1, -0.05) is 29.5 Å². The monoisotopic (exact) mass is 327 g/mol. The summed E-state index contributed by atoms with van der Waals surface area (Å²) in [6.45, 7) is 0.755. The van der Waals surface area contributed by atoms with Crippen molar-refractivity contribution in [2.75, 3.05) is 11.9 Å². The highest BCUT2D eigenvalue weighted by atomic mass is 32.1. The number of anilines is 1. The van der Waals surface area contributed by atoms with Crippen molar-refractivity contribution in [3.8, 4) is 0 Å². The summed E-state index contributed by atoms with van der Waals surface area (Å²) in [6, 6.07) is 10.3. The molecule has 1 aliphatic rings. The molecule has 2 amide bonds. The molecule has 7 heteroatoms. The van der Waals surface area contributed by atoms with Gasteiger partial charge in [-0.25, -0.2) is 4.79 Å². The molecule has 1 aliphatic heterocycles. The van der Waals surface area contributed by atoms with Crippen LogP contribution in [0.3, 0.4) is 0 Å². The van der Waals surface area contributed by atoms with Crippen molar-refractivity contribution < 1.29 is 4.79 Å². The molecule has 1 fully saturated rings. The number of nitrogens with one attached hydrogen (secondary N) is 2. The molecule has 3 aromatic rings. The van der Waals surface area contributed by atoms with E-state index < -0.39 is 0 Å². The Bertz CT molecular complexity index is 780. The molecule has 23 heavy (non-hydrogen) atoms. The standard InChI is InChI=1S/C16H17N5OS/c22-16(19-15-20-17-10-23-15)21-8-4-3-7-14(21)13-9-11-5-1-2-6-12(11)18-13/h1-2,5-6,9-10,14,18H,3-4,7-8H2,(H,19,20,22)/t14-/m1/s1. The van der Waals surface area contributed by atoms with Gasteiger partial charge in [0.2, 0.25) is 5.13 Å². The first-order chi connectivity index (χ1) is 11.3. The lowest BCUT2D eigenvalue weighted by atomic mass is 10.00. The van der Waals surface area contributed by atoms with Crippen molar-refractivity contribution in [2.24, 2.45) is 0 Å². The number of fused-ring (bicyclic) bond motifs is 1. The Balaban J connectivity index is 1.60. The van der Waals surface area contributed by atoms with Crippen LogP contribution in [0.4, 0.5) is 9.93 Å². The van der Waals surface area contributed by atoms with Gasteiger partial charge in [-0.3, -0.25) is 5.32 Å². The van der Waals surface area contributed by atoms with E-state index in [9.17, 15) is 4.79 Å². The lowest BCUT2D eigenvalue weighted by Crippen LogP contribution is -2.41. The number of rotatable bonds is 2. The van der Waals surface area contributed by atoms with Crippen LogP contribution in [0, 0.1) is 0 Å². The topological polar surface area (TPSA) is 73.9 Å². The third kappa shape index (κ3) is 2.79. The Labute approximate surface area is 137 Å². The molecule has 0 spiro atoms. The lowest BCUT2D eigenvalue weighted by molar-refractivity contribution is 0.162. The van der Waals surface area contributed by atoms with E-state index >= 15 is 0 Å². The van der Waals surface area contributed by atoms with E-state index in [2.05, 4.69) is 38.7 Å². The van der Waals surface area contributed by atoms with E-state index in [-0.39, 0.29) is 12.1 Å². The summed E-state index contributed by atoms with van der Waals surface area (Å²) < 4.78 is 0. The number of H-pyrrole nitrogens is 1. The number of para-hydroxylation sites is 1. The molecule has 2 N–H and O–H groups in total. The van der Waals surface area contributed by atoms with E-state index in [4.69, 9.17) is 0 Å². The average Bonchev–Trinajstić information content (AvgIpc) is 3.23. The molecule has 0 bridgehead atoms. The second-order valence-electron chi connectivity index (χ2n) is 5.69. The van der Waals surface area contributed by atoms with Crippen molar-refractivity contribution in [2.45, 2.75) is 25.3 Å². The highest BCUT2D eigenvalue weighted by Gasteiger charge is 2.29. The van der Waals surface area contributed by atoms with Crippen LogP contribution < -0.4 is 5.32 Å². The van der Waals surface area contributed by atoms with Gasteiger partial charge in [0.25, 0.3) is 0 Å². The summed E-state index contributed by atoms with van der Waals surface area (Å²) in [5.41, 5.74) is 3.82. The number of aromatic nitrogens is 3. The molecule has 0 unspecified atom stereocenters. The Morgan fingerprint density at radius 2 is 2.26 bits per heavy atom. The average molecular weight is 327 g/mol. The Morgan fingerprint density at radius 1 is 1.35 bits per heavy atom. The van der Waals surface area contributed by atoms with Gasteiger partial charge in [0.15, 0.2) is 0 Å². The van der Waals surface area contributed by atoms with E-state index in [1.807, 2.05) is 17.0 Å². The van der Waals surface area contributed by atoms with Crippen LogP contribution in [0.25, 0.3) is 10.9 Å². The number of piperidine rings is 1. The van der Waals surface area contributed by atoms with Gasteiger partial charge < -0.3 is 9.88 Å². The minimum absolute atomic E-state index is 0.0732. The van der Waals surface area contributed by atoms with Gasteiger partial charge in [-0.05, 0) is 36.8 Å². The highest BCUT2D eigenvalue weighted by Crippen LogP contribution is 2.32. The fourth-order valence-electron chi connectivity index (χ4n) is 3.16. The molecular weight excluding hydrogens is 310 g/mol. The van der Waals surface area contributed by atoms with Crippen LogP contribution in [0.5, 0.6) is 0 Å². The zero-order chi connectivity index (χ0) is 15.6. The van der Waals surface area contributed by atoms with Gasteiger partial charge in [-0.2, -0.15) is 0 Å². The zero-order valence-electron chi connectivity index (χ0n) is 12.5. The van der Waals surface area contributed by atoms with Crippen LogP contribution in [0.1, 0.15) is 31.0 Å². The first kappa shape index (κ1) is 14.2. The number of likely N-dealkylation sites (tertiary alicyclic amines) is 1. The fourth-order valence-corrected chi connectivity index (χ4v) is 3.60. The molecule has 0 aliphatic carbocycles. The largest absolute Gasteiger partial charge is 0.357 e.